The summed E-state index contributed by atoms with van der Waals surface area (Å²) in [4.78, 5) is 13.3. The molecule has 1 saturated heterocycles. The van der Waals surface area contributed by atoms with Gasteiger partial charge in [-0.2, -0.15) is 0 Å². The van der Waals surface area contributed by atoms with Gasteiger partial charge < -0.3 is 9.53 Å². The van der Waals surface area contributed by atoms with Gasteiger partial charge in [0, 0.05) is 38.3 Å². The molecule has 1 aliphatic rings. The molecule has 0 N–H and O–H groups in total. The Morgan fingerprint density at radius 1 is 1.33 bits per heavy atom. The Bertz CT molecular complexity index is 184. The average Bonchev–Trinajstić information content (AvgIpc) is 2.22. The second kappa shape index (κ2) is 6.23. The van der Waals surface area contributed by atoms with E-state index in [-0.39, 0.29) is 5.92 Å². The Labute approximate surface area is 92.8 Å². The minimum atomic E-state index is 0.272. The molecule has 1 heterocycles. The van der Waals surface area contributed by atoms with E-state index in [9.17, 15) is 4.79 Å². The second-order valence-electron chi connectivity index (χ2n) is 4.65. The number of hydrogen-bond acceptors (Lipinski definition) is 3. The second-order valence-corrected chi connectivity index (χ2v) is 4.65. The molecule has 3 heteroatoms. The van der Waals surface area contributed by atoms with Gasteiger partial charge in [-0.3, -0.25) is 4.90 Å². The molecule has 0 amide bonds. The van der Waals surface area contributed by atoms with Crippen molar-refractivity contribution in [3.8, 4) is 0 Å². The van der Waals surface area contributed by atoms with Crippen LogP contribution in [0.1, 0.15) is 33.1 Å². The van der Waals surface area contributed by atoms with Crippen molar-refractivity contribution in [3.63, 3.8) is 0 Å². The van der Waals surface area contributed by atoms with Crippen molar-refractivity contribution in [1.29, 1.82) is 0 Å². The molecule has 1 aliphatic heterocycles. The van der Waals surface area contributed by atoms with Gasteiger partial charge in [0.05, 0.1) is 0 Å². The molecule has 88 valence electrons. The number of rotatable bonds is 5. The maximum Gasteiger partial charge on any atom is 0.123 e. The highest BCUT2D eigenvalue weighted by molar-refractivity contribution is 5.53. The molecule has 0 aromatic carbocycles. The van der Waals surface area contributed by atoms with Crippen molar-refractivity contribution in [2.24, 2.45) is 5.92 Å². The number of methoxy groups -OCH3 is 1. The summed E-state index contributed by atoms with van der Waals surface area (Å²) >= 11 is 0. The first-order valence-corrected chi connectivity index (χ1v) is 5.89. The Kier molecular flexibility index (Phi) is 5.26. The normalized spacial score (nSPS) is 32.9. The number of likely N-dealkylation sites (tertiary alicyclic amines) is 1. The van der Waals surface area contributed by atoms with Crippen LogP contribution in [-0.2, 0) is 9.53 Å². The Hall–Kier alpha value is -0.410. The third-order valence-electron chi connectivity index (χ3n) is 3.38. The zero-order valence-electron chi connectivity index (χ0n) is 10.1. The van der Waals surface area contributed by atoms with Crippen LogP contribution in [0.15, 0.2) is 0 Å². The van der Waals surface area contributed by atoms with Gasteiger partial charge in [-0.05, 0) is 33.1 Å². The van der Waals surface area contributed by atoms with E-state index in [1.807, 2.05) is 0 Å². The van der Waals surface area contributed by atoms with E-state index in [4.69, 9.17) is 4.74 Å². The summed E-state index contributed by atoms with van der Waals surface area (Å²) in [5.74, 6) is 0.272. The van der Waals surface area contributed by atoms with Gasteiger partial charge in [0.25, 0.3) is 0 Å². The topological polar surface area (TPSA) is 29.5 Å². The van der Waals surface area contributed by atoms with Crippen LogP contribution in [0.25, 0.3) is 0 Å². The highest BCUT2D eigenvalue weighted by Gasteiger charge is 2.29. The molecular weight excluding hydrogens is 190 g/mol. The number of hydrogen-bond donors (Lipinski definition) is 0. The Balaban J connectivity index is 2.39. The molecule has 1 unspecified atom stereocenters. The van der Waals surface area contributed by atoms with Crippen molar-refractivity contribution >= 4 is 6.29 Å². The van der Waals surface area contributed by atoms with Gasteiger partial charge >= 0.3 is 0 Å². The first-order valence-electron chi connectivity index (χ1n) is 5.89. The van der Waals surface area contributed by atoms with Crippen LogP contribution in [0.2, 0.25) is 0 Å². The molecule has 0 aromatic rings. The Morgan fingerprint density at radius 2 is 1.93 bits per heavy atom. The van der Waals surface area contributed by atoms with Gasteiger partial charge in [-0.1, -0.05) is 0 Å². The predicted octanol–water partition coefficient (Wildman–Crippen LogP) is 1.71. The number of aldehydes is 1. The van der Waals surface area contributed by atoms with E-state index in [0.29, 0.717) is 12.1 Å². The zero-order valence-corrected chi connectivity index (χ0v) is 10.1. The van der Waals surface area contributed by atoms with Crippen LogP contribution in [0.5, 0.6) is 0 Å². The number of ether oxygens (including phenoxy) is 1. The maximum absolute atomic E-state index is 10.8. The lowest BCUT2D eigenvalue weighted by atomic mass is 9.88. The standard InChI is InChI=1S/C12H23NO2/c1-10-7-12(9-14)8-11(2)13(10)5-4-6-15-3/h9-12H,4-8H2,1-3H3/t10-,11+,12?. The van der Waals surface area contributed by atoms with Crippen LogP contribution in [0, 0.1) is 5.92 Å². The fourth-order valence-electron chi connectivity index (χ4n) is 2.62. The predicted molar refractivity (Wildman–Crippen MR) is 60.9 cm³/mol. The van der Waals surface area contributed by atoms with Crippen molar-refractivity contribution < 1.29 is 9.53 Å². The smallest absolute Gasteiger partial charge is 0.123 e. The summed E-state index contributed by atoms with van der Waals surface area (Å²) in [5.41, 5.74) is 0. The monoisotopic (exact) mass is 213 g/mol. The molecule has 0 radical (unpaired) electrons. The minimum absolute atomic E-state index is 0.272. The lowest BCUT2D eigenvalue weighted by Gasteiger charge is -2.41. The van der Waals surface area contributed by atoms with E-state index in [2.05, 4.69) is 18.7 Å². The molecule has 1 rings (SSSR count). The van der Waals surface area contributed by atoms with Crippen molar-refractivity contribution in [1.82, 2.24) is 4.90 Å². The van der Waals surface area contributed by atoms with Crippen LogP contribution < -0.4 is 0 Å². The molecule has 3 atom stereocenters. The lowest BCUT2D eigenvalue weighted by molar-refractivity contribution is -0.113. The molecule has 0 bridgehead atoms. The maximum atomic E-state index is 10.8. The molecule has 1 fully saturated rings. The van der Waals surface area contributed by atoms with E-state index in [1.165, 1.54) is 0 Å². The van der Waals surface area contributed by atoms with Crippen molar-refractivity contribution in [3.05, 3.63) is 0 Å². The fourth-order valence-corrected chi connectivity index (χ4v) is 2.62. The first-order chi connectivity index (χ1) is 7.19. The summed E-state index contributed by atoms with van der Waals surface area (Å²) in [6.07, 6.45) is 4.23. The average molecular weight is 213 g/mol. The van der Waals surface area contributed by atoms with Gasteiger partial charge in [0.2, 0.25) is 0 Å². The number of carbonyl (C=O) groups is 1. The summed E-state index contributed by atoms with van der Waals surface area (Å²) in [6, 6.07) is 1.06. The lowest BCUT2D eigenvalue weighted by Crippen LogP contribution is -2.47. The molecule has 0 spiro atoms. The highest BCUT2D eigenvalue weighted by Crippen LogP contribution is 2.26. The third kappa shape index (κ3) is 3.58. The van der Waals surface area contributed by atoms with Crippen LogP contribution >= 0.6 is 0 Å². The minimum Gasteiger partial charge on any atom is -0.385 e. The van der Waals surface area contributed by atoms with Crippen LogP contribution in [-0.4, -0.2) is 43.5 Å². The highest BCUT2D eigenvalue weighted by atomic mass is 16.5. The quantitative estimate of drug-likeness (QED) is 0.514. The van der Waals surface area contributed by atoms with Crippen molar-refractivity contribution in [2.45, 2.75) is 45.2 Å². The molecule has 3 nitrogen and oxygen atoms in total. The van der Waals surface area contributed by atoms with E-state index < -0.39 is 0 Å². The zero-order chi connectivity index (χ0) is 11.3. The fraction of sp³-hybridized carbons (Fsp3) is 0.917. The summed E-state index contributed by atoms with van der Waals surface area (Å²) in [6.45, 7) is 6.35. The van der Waals surface area contributed by atoms with Crippen molar-refractivity contribution in [2.75, 3.05) is 20.3 Å². The Morgan fingerprint density at radius 3 is 2.40 bits per heavy atom. The number of piperidine rings is 1. The number of carbonyl (C=O) groups excluding carboxylic acids is 1. The van der Waals surface area contributed by atoms with Crippen LogP contribution in [0.4, 0.5) is 0 Å². The molecule has 15 heavy (non-hydrogen) atoms. The van der Waals surface area contributed by atoms with Gasteiger partial charge in [0.15, 0.2) is 0 Å². The van der Waals surface area contributed by atoms with Crippen LogP contribution in [0.3, 0.4) is 0 Å². The largest absolute Gasteiger partial charge is 0.385 e. The number of nitrogens with zero attached hydrogens (tertiary/aromatic N) is 1. The molecular formula is C12H23NO2. The van der Waals surface area contributed by atoms with Gasteiger partial charge in [0.1, 0.15) is 6.29 Å². The third-order valence-corrected chi connectivity index (χ3v) is 3.38. The SMILES string of the molecule is COCCCN1[C@H](C)CC(C=O)C[C@@H]1C. The summed E-state index contributed by atoms with van der Waals surface area (Å²) < 4.78 is 5.06. The van der Waals surface area contributed by atoms with E-state index in [1.54, 1.807) is 7.11 Å². The van der Waals surface area contributed by atoms with E-state index >= 15 is 0 Å². The molecule has 0 aromatic heterocycles. The van der Waals surface area contributed by atoms with Gasteiger partial charge in [-0.25, -0.2) is 0 Å². The molecule has 0 aliphatic carbocycles. The van der Waals surface area contributed by atoms with Gasteiger partial charge in [-0.15, -0.1) is 0 Å². The van der Waals surface area contributed by atoms with E-state index in [0.717, 1.165) is 38.7 Å². The first kappa shape index (κ1) is 12.7. The molecule has 0 saturated carbocycles. The summed E-state index contributed by atoms with van der Waals surface area (Å²) in [5, 5.41) is 0. The summed E-state index contributed by atoms with van der Waals surface area (Å²) in [7, 11) is 1.74.